The lowest BCUT2D eigenvalue weighted by atomic mass is 10.6. The fourth-order valence-electron chi connectivity index (χ4n) is 1.56. The zero-order valence-electron chi connectivity index (χ0n) is 12.3. The lowest BCUT2D eigenvalue weighted by molar-refractivity contribution is 0.216. The predicted octanol–water partition coefficient (Wildman–Crippen LogP) is 1.53. The first-order valence-corrected chi connectivity index (χ1v) is 13.0. The fraction of sp³-hybridized carbons (Fsp3) is 1.00. The van der Waals surface area contributed by atoms with Gasteiger partial charge < -0.3 is 0 Å². The second kappa shape index (κ2) is 6.27. The Balaban J connectivity index is 3.80. The van der Waals surface area contributed by atoms with Crippen LogP contribution in [0.1, 0.15) is 0 Å². The van der Waals surface area contributed by atoms with Crippen LogP contribution in [-0.4, -0.2) is 53.7 Å². The second-order valence-corrected chi connectivity index (χ2v) is 16.0. The smallest absolute Gasteiger partial charge is 0.132 e. The van der Waals surface area contributed by atoms with Crippen LogP contribution in [0.2, 0.25) is 39.3 Å². The highest BCUT2D eigenvalue weighted by Gasteiger charge is 2.17. The molecule has 0 spiro atoms. The first kappa shape index (κ1) is 16.3. The number of likely N-dealkylation sites (N-methyl/N-ethyl adjacent to an activating group) is 2. The van der Waals surface area contributed by atoms with Gasteiger partial charge in [0, 0.05) is 27.2 Å². The molecule has 0 aliphatic rings. The third-order valence-electron chi connectivity index (χ3n) is 1.82. The minimum absolute atomic E-state index is 1.04. The summed E-state index contributed by atoms with van der Waals surface area (Å²) in [5.74, 6) is 0. The Morgan fingerprint density at radius 3 is 1.12 bits per heavy atom. The summed E-state index contributed by atoms with van der Waals surface area (Å²) in [6.45, 7) is 16.0. The number of hydrogen-bond donors (Lipinski definition) is 2. The number of nitrogens with one attached hydrogen (secondary N) is 2. The van der Waals surface area contributed by atoms with Crippen LogP contribution in [0.25, 0.3) is 0 Å². The van der Waals surface area contributed by atoms with Crippen molar-refractivity contribution in [1.82, 2.24) is 20.2 Å². The zero-order valence-corrected chi connectivity index (χ0v) is 14.3. The molecule has 0 heterocycles. The van der Waals surface area contributed by atoms with E-state index in [0.717, 1.165) is 13.1 Å². The van der Waals surface area contributed by atoms with Gasteiger partial charge in [-0.25, -0.2) is 0 Å². The topological polar surface area (TPSA) is 30.5 Å². The van der Waals surface area contributed by atoms with Crippen LogP contribution >= 0.6 is 0 Å². The van der Waals surface area contributed by atoms with Crippen molar-refractivity contribution in [3.63, 3.8) is 0 Å². The number of nitrogens with zero attached hydrogens (tertiary/aromatic N) is 2. The van der Waals surface area contributed by atoms with E-state index in [1.807, 2.05) is 0 Å². The Morgan fingerprint density at radius 2 is 0.938 bits per heavy atom. The van der Waals surface area contributed by atoms with E-state index in [-0.39, 0.29) is 0 Å². The molecule has 0 radical (unpaired) electrons. The van der Waals surface area contributed by atoms with Crippen LogP contribution in [-0.2, 0) is 0 Å². The van der Waals surface area contributed by atoms with Crippen molar-refractivity contribution in [2.75, 3.05) is 27.2 Å². The highest BCUT2D eigenvalue weighted by atomic mass is 28.3. The third-order valence-corrected chi connectivity index (χ3v) is 3.93. The first-order chi connectivity index (χ1) is 6.99. The van der Waals surface area contributed by atoms with Gasteiger partial charge >= 0.3 is 0 Å². The SMILES string of the molecule is CN(CCN(C)N[Si](C)(C)C)N[Si](C)(C)C. The Hall–Kier alpha value is 0.274. The standard InChI is InChI=1S/C10H30N4Si2/c1-13(11-15(3,4)5)9-10-14(2)12-16(6,7)8/h11-12H,9-10H2,1-8H3. The van der Waals surface area contributed by atoms with Gasteiger partial charge in [-0.3, -0.25) is 20.2 Å². The van der Waals surface area contributed by atoms with Gasteiger partial charge in [-0.05, 0) is 0 Å². The van der Waals surface area contributed by atoms with Gasteiger partial charge in [0.15, 0.2) is 0 Å². The predicted molar refractivity (Wildman–Crippen MR) is 78.2 cm³/mol. The molecule has 4 nitrogen and oxygen atoms in total. The minimum Gasteiger partial charge on any atom is -0.277 e. The Bertz CT molecular complexity index is 176. The minimum atomic E-state index is -1.19. The molecule has 0 rings (SSSR count). The highest BCUT2D eigenvalue weighted by Crippen LogP contribution is 1.97. The van der Waals surface area contributed by atoms with Crippen LogP contribution in [0.3, 0.4) is 0 Å². The van der Waals surface area contributed by atoms with Crippen LogP contribution in [0.4, 0.5) is 0 Å². The summed E-state index contributed by atoms with van der Waals surface area (Å²) < 4.78 is 0. The summed E-state index contributed by atoms with van der Waals surface area (Å²) in [5, 5.41) is 11.6. The lowest BCUT2D eigenvalue weighted by Crippen LogP contribution is -2.56. The molecule has 0 aromatic heterocycles. The Kier molecular flexibility index (Phi) is 6.38. The molecule has 0 aromatic carbocycles. The summed E-state index contributed by atoms with van der Waals surface area (Å²) in [4.78, 5) is 0. The van der Waals surface area contributed by atoms with Crippen LogP contribution < -0.4 is 10.2 Å². The molecular formula is C10H30N4Si2. The van der Waals surface area contributed by atoms with Crippen molar-refractivity contribution in [2.45, 2.75) is 39.3 Å². The average Bonchev–Trinajstić information content (AvgIpc) is 1.94. The van der Waals surface area contributed by atoms with Crippen molar-refractivity contribution >= 4 is 16.5 Å². The van der Waals surface area contributed by atoms with Gasteiger partial charge in [0.05, 0.1) is 0 Å². The molecule has 0 unspecified atom stereocenters. The van der Waals surface area contributed by atoms with E-state index in [4.69, 9.17) is 0 Å². The molecule has 2 N–H and O–H groups in total. The average molecular weight is 263 g/mol. The molecule has 0 atom stereocenters. The highest BCUT2D eigenvalue weighted by molar-refractivity contribution is 6.73. The molecule has 0 aliphatic carbocycles. The summed E-state index contributed by atoms with van der Waals surface area (Å²) in [6.07, 6.45) is 0. The van der Waals surface area contributed by atoms with E-state index in [0.29, 0.717) is 0 Å². The van der Waals surface area contributed by atoms with Gasteiger partial charge in [-0.2, -0.15) is 0 Å². The maximum atomic E-state index is 3.57. The second-order valence-electron chi connectivity index (χ2n) is 6.57. The van der Waals surface area contributed by atoms with Gasteiger partial charge in [0.25, 0.3) is 0 Å². The molecular weight excluding hydrogens is 232 g/mol. The monoisotopic (exact) mass is 262 g/mol. The number of hydrazine groups is 2. The van der Waals surface area contributed by atoms with Crippen molar-refractivity contribution < 1.29 is 0 Å². The van der Waals surface area contributed by atoms with E-state index in [2.05, 4.69) is 73.6 Å². The Labute approximate surface area is 104 Å². The molecule has 0 aliphatic heterocycles. The van der Waals surface area contributed by atoms with Crippen molar-refractivity contribution in [1.29, 1.82) is 0 Å². The molecule has 0 saturated heterocycles. The van der Waals surface area contributed by atoms with Crippen LogP contribution in [0.15, 0.2) is 0 Å². The summed E-state index contributed by atoms with van der Waals surface area (Å²) in [7, 11) is 1.86. The molecule has 16 heavy (non-hydrogen) atoms. The summed E-state index contributed by atoms with van der Waals surface area (Å²) in [5.41, 5.74) is 0. The molecule has 98 valence electrons. The molecule has 0 bridgehead atoms. The summed E-state index contributed by atoms with van der Waals surface area (Å²) in [6, 6.07) is 0. The van der Waals surface area contributed by atoms with E-state index >= 15 is 0 Å². The van der Waals surface area contributed by atoms with Crippen LogP contribution in [0.5, 0.6) is 0 Å². The molecule has 0 saturated carbocycles. The van der Waals surface area contributed by atoms with E-state index in [1.165, 1.54) is 0 Å². The zero-order chi connectivity index (χ0) is 13.0. The maximum absolute atomic E-state index is 3.57. The number of hydrogen-bond acceptors (Lipinski definition) is 4. The van der Waals surface area contributed by atoms with Gasteiger partial charge in [-0.15, -0.1) is 0 Å². The van der Waals surface area contributed by atoms with E-state index in [1.54, 1.807) is 0 Å². The molecule has 0 fully saturated rings. The van der Waals surface area contributed by atoms with Crippen molar-refractivity contribution in [3.8, 4) is 0 Å². The van der Waals surface area contributed by atoms with Gasteiger partial charge in [0.2, 0.25) is 0 Å². The van der Waals surface area contributed by atoms with Gasteiger partial charge in [0.1, 0.15) is 16.5 Å². The maximum Gasteiger partial charge on any atom is 0.132 e. The van der Waals surface area contributed by atoms with Crippen molar-refractivity contribution in [2.24, 2.45) is 0 Å². The molecule has 0 aromatic rings. The largest absolute Gasteiger partial charge is 0.277 e. The van der Waals surface area contributed by atoms with Gasteiger partial charge in [-0.1, -0.05) is 39.3 Å². The molecule has 0 amide bonds. The number of rotatable bonds is 7. The Morgan fingerprint density at radius 1 is 0.688 bits per heavy atom. The summed E-state index contributed by atoms with van der Waals surface area (Å²) >= 11 is 0. The van der Waals surface area contributed by atoms with E-state index in [9.17, 15) is 0 Å². The third kappa shape index (κ3) is 10.8. The quantitative estimate of drug-likeness (QED) is 0.538. The lowest BCUT2D eigenvalue weighted by Gasteiger charge is -2.31. The fourth-order valence-corrected chi connectivity index (χ4v) is 4.07. The normalized spacial score (nSPS) is 13.9. The van der Waals surface area contributed by atoms with Crippen molar-refractivity contribution in [3.05, 3.63) is 0 Å². The first-order valence-electron chi connectivity index (χ1n) is 5.97. The molecule has 6 heteroatoms. The van der Waals surface area contributed by atoms with Crippen LogP contribution in [0, 0.1) is 0 Å². The van der Waals surface area contributed by atoms with E-state index < -0.39 is 16.5 Å².